The Morgan fingerprint density at radius 2 is 1.88 bits per heavy atom. The molecule has 2 aromatic heterocycles. The van der Waals surface area contributed by atoms with E-state index in [1.807, 2.05) is 0 Å². The lowest BCUT2D eigenvalue weighted by Gasteiger charge is -2.28. The SMILES string of the molecule is COc1ccccc1-n1c(=O)[nH]c2c(C(N)=O)nc(N[C@H]3CC[C@@H](OC(N)=O)CC3)nc21. The molecule has 0 atom stereocenters. The van der Waals surface area contributed by atoms with Gasteiger partial charge in [-0.1, -0.05) is 12.1 Å². The largest absolute Gasteiger partial charge is 0.495 e. The Labute approximate surface area is 181 Å². The van der Waals surface area contributed by atoms with Crippen LogP contribution in [0.25, 0.3) is 16.9 Å². The van der Waals surface area contributed by atoms with E-state index in [1.165, 1.54) is 11.7 Å². The Morgan fingerprint density at radius 1 is 1.16 bits per heavy atom. The molecule has 2 heterocycles. The lowest BCUT2D eigenvalue weighted by molar-refractivity contribution is 0.0805. The normalized spacial score (nSPS) is 18.3. The molecule has 1 saturated carbocycles. The highest BCUT2D eigenvalue weighted by Gasteiger charge is 2.26. The Morgan fingerprint density at radius 3 is 2.53 bits per heavy atom. The summed E-state index contributed by atoms with van der Waals surface area (Å²) in [6.45, 7) is 0. The van der Waals surface area contributed by atoms with Crippen molar-refractivity contribution >= 4 is 29.1 Å². The first-order valence-corrected chi connectivity index (χ1v) is 10.1. The number of methoxy groups -OCH3 is 1. The van der Waals surface area contributed by atoms with Crippen molar-refractivity contribution in [1.29, 1.82) is 0 Å². The number of nitrogens with two attached hydrogens (primary N) is 2. The average Bonchev–Trinajstić information content (AvgIpc) is 3.09. The maximum atomic E-state index is 12.8. The summed E-state index contributed by atoms with van der Waals surface area (Å²) < 4.78 is 11.7. The second-order valence-electron chi connectivity index (χ2n) is 7.45. The second-order valence-corrected chi connectivity index (χ2v) is 7.45. The molecule has 3 aromatic rings. The maximum absolute atomic E-state index is 12.8. The zero-order chi connectivity index (χ0) is 22.8. The van der Waals surface area contributed by atoms with E-state index >= 15 is 0 Å². The molecule has 1 aliphatic carbocycles. The summed E-state index contributed by atoms with van der Waals surface area (Å²) in [5, 5.41) is 3.20. The van der Waals surface area contributed by atoms with Crippen LogP contribution in [-0.4, -0.2) is 50.8 Å². The number of hydrogen-bond acceptors (Lipinski definition) is 8. The first-order chi connectivity index (χ1) is 15.4. The van der Waals surface area contributed by atoms with Gasteiger partial charge in [0, 0.05) is 6.04 Å². The Bertz CT molecular complexity index is 1230. The van der Waals surface area contributed by atoms with E-state index in [4.69, 9.17) is 20.9 Å². The second kappa shape index (κ2) is 8.57. The van der Waals surface area contributed by atoms with Gasteiger partial charge in [-0.3, -0.25) is 4.79 Å². The van der Waals surface area contributed by atoms with Crippen LogP contribution in [0.1, 0.15) is 36.2 Å². The number of carbonyl (C=O) groups excluding carboxylic acids is 2. The monoisotopic (exact) mass is 441 g/mol. The van der Waals surface area contributed by atoms with E-state index in [2.05, 4.69) is 20.3 Å². The summed E-state index contributed by atoms with van der Waals surface area (Å²) in [7, 11) is 1.49. The average molecular weight is 441 g/mol. The number of amides is 2. The van der Waals surface area contributed by atoms with E-state index < -0.39 is 17.7 Å². The molecule has 2 amide bonds. The number of carbonyl (C=O) groups is 2. The van der Waals surface area contributed by atoms with Crippen LogP contribution in [0.2, 0.25) is 0 Å². The number of rotatable bonds is 6. The standard InChI is InChI=1S/C20H23N7O5/c1-31-13-5-3-2-4-12(13)27-17-15(25-20(27)30)14(16(21)28)24-19(26-17)23-10-6-8-11(9-7-10)32-18(22)29/h2-5,10-11H,6-9H2,1H3,(H2,21,28)(H2,22,29)(H,25,30)(H,23,24,26)/t10-,11+. The van der Waals surface area contributed by atoms with Gasteiger partial charge in [-0.15, -0.1) is 0 Å². The number of nitrogens with one attached hydrogen (secondary N) is 2. The van der Waals surface area contributed by atoms with Gasteiger partial charge < -0.3 is 31.2 Å². The molecule has 0 spiro atoms. The van der Waals surface area contributed by atoms with E-state index in [9.17, 15) is 14.4 Å². The molecule has 1 fully saturated rings. The van der Waals surface area contributed by atoms with Crippen LogP contribution < -0.4 is 27.2 Å². The third-order valence-electron chi connectivity index (χ3n) is 5.39. The van der Waals surface area contributed by atoms with Crippen LogP contribution in [0.15, 0.2) is 29.1 Å². The lowest BCUT2D eigenvalue weighted by Crippen LogP contribution is -2.33. The number of benzene rings is 1. The minimum absolute atomic E-state index is 0.0220. The molecule has 12 nitrogen and oxygen atoms in total. The maximum Gasteiger partial charge on any atom is 0.404 e. The first-order valence-electron chi connectivity index (χ1n) is 10.1. The first kappa shape index (κ1) is 21.2. The molecule has 1 aliphatic rings. The van der Waals surface area contributed by atoms with Gasteiger partial charge in [0.2, 0.25) is 5.95 Å². The van der Waals surface area contributed by atoms with Crippen LogP contribution in [-0.2, 0) is 4.74 Å². The predicted molar refractivity (Wildman–Crippen MR) is 115 cm³/mol. The molecule has 0 bridgehead atoms. The van der Waals surface area contributed by atoms with Crippen molar-refractivity contribution in [3.63, 3.8) is 0 Å². The minimum atomic E-state index is -0.799. The number of hydrogen-bond donors (Lipinski definition) is 4. The van der Waals surface area contributed by atoms with Gasteiger partial charge in [-0.25, -0.2) is 19.1 Å². The number of fused-ring (bicyclic) bond motifs is 1. The van der Waals surface area contributed by atoms with E-state index in [-0.39, 0.29) is 35.0 Å². The molecule has 0 unspecified atom stereocenters. The lowest BCUT2D eigenvalue weighted by atomic mass is 9.93. The third kappa shape index (κ3) is 4.06. The summed E-state index contributed by atoms with van der Waals surface area (Å²) in [5.41, 5.74) is 10.8. The fourth-order valence-electron chi connectivity index (χ4n) is 3.94. The van der Waals surface area contributed by atoms with Crippen molar-refractivity contribution < 1.29 is 19.1 Å². The molecule has 0 saturated heterocycles. The number of anilines is 1. The zero-order valence-electron chi connectivity index (χ0n) is 17.3. The van der Waals surface area contributed by atoms with Gasteiger partial charge in [0.1, 0.15) is 17.4 Å². The highest BCUT2D eigenvalue weighted by molar-refractivity contribution is 6.02. The highest BCUT2D eigenvalue weighted by Crippen LogP contribution is 2.27. The fourth-order valence-corrected chi connectivity index (χ4v) is 3.94. The van der Waals surface area contributed by atoms with Gasteiger partial charge in [0.15, 0.2) is 11.3 Å². The summed E-state index contributed by atoms with van der Waals surface area (Å²) in [4.78, 5) is 47.1. The number of aromatic nitrogens is 4. The Hall–Kier alpha value is -4.09. The number of nitrogens with zero attached hydrogens (tertiary/aromatic N) is 3. The fraction of sp³-hybridized carbons (Fsp3) is 0.350. The molecule has 6 N–H and O–H groups in total. The van der Waals surface area contributed by atoms with Gasteiger partial charge in [0.05, 0.1) is 12.8 Å². The topological polar surface area (TPSA) is 180 Å². The van der Waals surface area contributed by atoms with Crippen molar-refractivity contribution in [2.24, 2.45) is 11.5 Å². The number of para-hydroxylation sites is 2. The van der Waals surface area contributed by atoms with Crippen LogP contribution in [0.5, 0.6) is 5.75 Å². The third-order valence-corrected chi connectivity index (χ3v) is 5.39. The summed E-state index contributed by atoms with van der Waals surface area (Å²) in [6.07, 6.45) is 1.59. The van der Waals surface area contributed by atoms with Crippen LogP contribution in [0, 0.1) is 0 Å². The molecular weight excluding hydrogens is 418 g/mol. The number of H-pyrrole nitrogens is 1. The smallest absolute Gasteiger partial charge is 0.404 e. The van der Waals surface area contributed by atoms with Crippen LogP contribution >= 0.6 is 0 Å². The molecule has 0 aliphatic heterocycles. The van der Waals surface area contributed by atoms with Crippen molar-refractivity contribution in [1.82, 2.24) is 19.5 Å². The Kier molecular flexibility index (Phi) is 5.67. The van der Waals surface area contributed by atoms with Crippen molar-refractivity contribution in [3.05, 3.63) is 40.4 Å². The quantitative estimate of drug-likeness (QED) is 0.438. The number of aromatic amines is 1. The number of ether oxygens (including phenoxy) is 2. The summed E-state index contributed by atoms with van der Waals surface area (Å²) in [6, 6.07) is 6.92. The molecule has 32 heavy (non-hydrogen) atoms. The molecule has 168 valence electrons. The Balaban J connectivity index is 1.71. The summed E-state index contributed by atoms with van der Waals surface area (Å²) in [5.74, 6) is -0.183. The van der Waals surface area contributed by atoms with Crippen LogP contribution in [0.3, 0.4) is 0 Å². The highest BCUT2D eigenvalue weighted by atomic mass is 16.6. The van der Waals surface area contributed by atoms with Crippen molar-refractivity contribution in [2.45, 2.75) is 37.8 Å². The predicted octanol–water partition coefficient (Wildman–Crippen LogP) is 1.03. The van der Waals surface area contributed by atoms with E-state index in [1.54, 1.807) is 24.3 Å². The molecule has 4 rings (SSSR count). The molecule has 0 radical (unpaired) electrons. The van der Waals surface area contributed by atoms with Gasteiger partial charge >= 0.3 is 11.8 Å². The van der Waals surface area contributed by atoms with Gasteiger partial charge in [-0.2, -0.15) is 4.98 Å². The van der Waals surface area contributed by atoms with Crippen molar-refractivity contribution in [3.8, 4) is 11.4 Å². The summed E-state index contributed by atoms with van der Waals surface area (Å²) >= 11 is 0. The van der Waals surface area contributed by atoms with E-state index in [0.29, 0.717) is 37.1 Å². The molecule has 1 aromatic carbocycles. The van der Waals surface area contributed by atoms with E-state index in [0.717, 1.165) is 0 Å². The van der Waals surface area contributed by atoms with Crippen LogP contribution in [0.4, 0.5) is 10.7 Å². The van der Waals surface area contributed by atoms with Gasteiger partial charge in [-0.05, 0) is 37.8 Å². The minimum Gasteiger partial charge on any atom is -0.495 e. The zero-order valence-corrected chi connectivity index (χ0v) is 17.3. The number of primary amides is 2. The molecule has 12 heteroatoms. The van der Waals surface area contributed by atoms with Crippen molar-refractivity contribution in [2.75, 3.05) is 12.4 Å². The molecular formula is C20H23N7O5. The number of imidazole rings is 1. The van der Waals surface area contributed by atoms with Gasteiger partial charge in [0.25, 0.3) is 5.91 Å².